The molecular formula is C23H16BrClO3S. The number of fused-ring (bicyclic) bond motifs is 1. The Morgan fingerprint density at radius 1 is 1.07 bits per heavy atom. The Morgan fingerprint density at radius 2 is 1.83 bits per heavy atom. The van der Waals surface area contributed by atoms with E-state index in [1.807, 2.05) is 66.7 Å². The lowest BCUT2D eigenvalue weighted by Gasteiger charge is -2.13. The molecule has 3 aromatic rings. The quantitative estimate of drug-likeness (QED) is 0.362. The predicted octanol–water partition coefficient (Wildman–Crippen LogP) is 7.02. The number of hydrogen-bond donors (Lipinski definition) is 0. The second kappa shape index (κ2) is 8.66. The molecule has 6 heteroatoms. The largest absolute Gasteiger partial charge is 0.493 e. The summed E-state index contributed by atoms with van der Waals surface area (Å²) in [5.74, 6) is 1.21. The lowest BCUT2D eigenvalue weighted by Crippen LogP contribution is -1.99. The van der Waals surface area contributed by atoms with Crippen LogP contribution in [0.1, 0.15) is 21.5 Å². The highest BCUT2D eigenvalue weighted by Crippen LogP contribution is 2.42. The van der Waals surface area contributed by atoms with Crippen LogP contribution in [-0.2, 0) is 6.61 Å². The first-order chi connectivity index (χ1) is 14.1. The average molecular weight is 488 g/mol. The minimum absolute atomic E-state index is 0.0375. The maximum absolute atomic E-state index is 12.7. The molecule has 0 saturated heterocycles. The van der Waals surface area contributed by atoms with Crippen molar-refractivity contribution in [3.05, 3.63) is 91.8 Å². The van der Waals surface area contributed by atoms with E-state index in [2.05, 4.69) is 15.9 Å². The number of carbonyl (C=O) groups is 1. The second-order valence-corrected chi connectivity index (χ2v) is 8.69. The van der Waals surface area contributed by atoms with Gasteiger partial charge in [-0.15, -0.1) is 0 Å². The number of halogens is 2. The molecule has 0 atom stereocenters. The topological polar surface area (TPSA) is 35.5 Å². The third-order valence-electron chi connectivity index (χ3n) is 4.49. The Morgan fingerprint density at radius 3 is 2.59 bits per heavy atom. The molecule has 0 spiro atoms. The van der Waals surface area contributed by atoms with Crippen molar-refractivity contribution in [2.24, 2.45) is 0 Å². The summed E-state index contributed by atoms with van der Waals surface area (Å²) in [6.45, 7) is 0.326. The van der Waals surface area contributed by atoms with Crippen molar-refractivity contribution in [1.82, 2.24) is 0 Å². The fourth-order valence-corrected chi connectivity index (χ4v) is 4.65. The van der Waals surface area contributed by atoms with Gasteiger partial charge < -0.3 is 9.47 Å². The van der Waals surface area contributed by atoms with Crippen molar-refractivity contribution in [3.63, 3.8) is 0 Å². The van der Waals surface area contributed by atoms with Gasteiger partial charge in [0.05, 0.1) is 12.0 Å². The van der Waals surface area contributed by atoms with Crippen molar-refractivity contribution in [3.8, 4) is 11.5 Å². The summed E-state index contributed by atoms with van der Waals surface area (Å²) in [5.41, 5.74) is 2.48. The molecule has 0 aliphatic carbocycles. The van der Waals surface area contributed by atoms with Gasteiger partial charge in [-0.3, -0.25) is 4.79 Å². The van der Waals surface area contributed by atoms with Gasteiger partial charge in [0.1, 0.15) is 6.61 Å². The van der Waals surface area contributed by atoms with E-state index in [1.54, 1.807) is 7.11 Å². The molecule has 0 unspecified atom stereocenters. The third-order valence-corrected chi connectivity index (χ3v) is 6.64. The first kappa shape index (κ1) is 20.1. The minimum atomic E-state index is 0.0375. The van der Waals surface area contributed by atoms with E-state index in [4.69, 9.17) is 21.1 Å². The molecule has 1 aliphatic rings. The Labute approximate surface area is 186 Å². The summed E-state index contributed by atoms with van der Waals surface area (Å²) in [6, 6.07) is 18.9. The molecule has 3 nitrogen and oxygen atoms in total. The Kier molecular flexibility index (Phi) is 5.99. The summed E-state index contributed by atoms with van der Waals surface area (Å²) < 4.78 is 12.3. The number of rotatable bonds is 5. The first-order valence-corrected chi connectivity index (χ1v) is 10.8. The molecule has 0 N–H and O–H groups in total. The molecule has 0 amide bonds. The smallest absolute Gasteiger partial charge is 0.200 e. The van der Waals surface area contributed by atoms with Gasteiger partial charge in [0.25, 0.3) is 0 Å². The first-order valence-electron chi connectivity index (χ1n) is 8.84. The number of allylic oxidation sites excluding steroid dienone is 1. The highest BCUT2D eigenvalue weighted by Gasteiger charge is 2.25. The van der Waals surface area contributed by atoms with Gasteiger partial charge in [0, 0.05) is 25.5 Å². The van der Waals surface area contributed by atoms with Crippen molar-refractivity contribution in [2.45, 2.75) is 11.5 Å². The monoisotopic (exact) mass is 486 g/mol. The lowest BCUT2D eigenvalue weighted by molar-refractivity contribution is 0.104. The maximum atomic E-state index is 12.7. The third kappa shape index (κ3) is 4.22. The molecule has 0 saturated carbocycles. The molecule has 0 fully saturated rings. The van der Waals surface area contributed by atoms with Crippen LogP contribution in [0.25, 0.3) is 6.08 Å². The van der Waals surface area contributed by atoms with Crippen molar-refractivity contribution in [2.75, 3.05) is 7.11 Å². The normalized spacial score (nSPS) is 14.2. The Bertz CT molecular complexity index is 1130. The zero-order chi connectivity index (χ0) is 20.4. The number of Topliss-reactive ketones (excluding diaryl/α,β-unsaturated/α-hetero) is 1. The minimum Gasteiger partial charge on any atom is -0.493 e. The fraction of sp³-hybridized carbons (Fsp3) is 0.0870. The highest BCUT2D eigenvalue weighted by atomic mass is 79.9. The number of methoxy groups -OCH3 is 1. The van der Waals surface area contributed by atoms with Gasteiger partial charge in [0.15, 0.2) is 11.5 Å². The molecule has 4 rings (SSSR count). The second-order valence-electron chi connectivity index (χ2n) is 6.34. The number of ether oxygens (including phenoxy) is 2. The standard InChI is InChI=1S/C23H16BrClO3S/c1-27-19-10-15(11-22-23(26)16-7-3-5-9-21(16)29-22)17(24)12-20(19)28-13-14-6-2-4-8-18(14)25/h2-12H,13H2,1H3. The fourth-order valence-electron chi connectivity index (χ4n) is 2.98. The number of ketones is 1. The van der Waals surface area contributed by atoms with Crippen LogP contribution >= 0.6 is 39.3 Å². The molecular weight excluding hydrogens is 472 g/mol. The van der Waals surface area contributed by atoms with Gasteiger partial charge >= 0.3 is 0 Å². The van der Waals surface area contributed by atoms with Gasteiger partial charge in [0.2, 0.25) is 5.78 Å². The van der Waals surface area contributed by atoms with E-state index < -0.39 is 0 Å². The molecule has 0 aromatic heterocycles. The van der Waals surface area contributed by atoms with E-state index in [0.717, 1.165) is 26.1 Å². The molecule has 146 valence electrons. The molecule has 0 radical (unpaired) electrons. The molecule has 1 aliphatic heterocycles. The van der Waals surface area contributed by atoms with E-state index in [-0.39, 0.29) is 5.78 Å². The zero-order valence-electron chi connectivity index (χ0n) is 15.4. The van der Waals surface area contributed by atoms with Crippen molar-refractivity contribution in [1.29, 1.82) is 0 Å². The number of benzene rings is 3. The van der Waals surface area contributed by atoms with Gasteiger partial charge in [-0.1, -0.05) is 69.6 Å². The van der Waals surface area contributed by atoms with E-state index in [9.17, 15) is 4.79 Å². The van der Waals surface area contributed by atoms with Gasteiger partial charge in [-0.2, -0.15) is 0 Å². The van der Waals surface area contributed by atoms with Crippen LogP contribution in [0.2, 0.25) is 5.02 Å². The molecule has 29 heavy (non-hydrogen) atoms. The Hall–Kier alpha value is -2.21. The van der Waals surface area contributed by atoms with Gasteiger partial charge in [-0.25, -0.2) is 0 Å². The summed E-state index contributed by atoms with van der Waals surface area (Å²) >= 11 is 11.3. The number of hydrogen-bond acceptors (Lipinski definition) is 4. The van der Waals surface area contributed by atoms with Crippen LogP contribution in [-0.4, -0.2) is 12.9 Å². The highest BCUT2D eigenvalue weighted by molar-refractivity contribution is 9.10. The molecule has 3 aromatic carbocycles. The van der Waals surface area contributed by atoms with Crippen LogP contribution in [0.15, 0.2) is 74.9 Å². The number of thioether (sulfide) groups is 1. The summed E-state index contributed by atoms with van der Waals surface area (Å²) in [4.78, 5) is 14.3. The van der Waals surface area contributed by atoms with E-state index >= 15 is 0 Å². The van der Waals surface area contributed by atoms with Gasteiger partial charge in [-0.05, 0) is 42.0 Å². The summed E-state index contributed by atoms with van der Waals surface area (Å²) in [6.07, 6.45) is 1.87. The van der Waals surface area contributed by atoms with Crippen molar-refractivity contribution >= 4 is 51.2 Å². The van der Waals surface area contributed by atoms with Crippen LogP contribution in [0, 0.1) is 0 Å². The lowest BCUT2D eigenvalue weighted by atomic mass is 10.1. The SMILES string of the molecule is COc1cc(C=C2Sc3ccccc3C2=O)c(Br)cc1OCc1ccccc1Cl. The van der Waals surface area contributed by atoms with Crippen molar-refractivity contribution < 1.29 is 14.3 Å². The molecule has 1 heterocycles. The number of carbonyl (C=O) groups excluding carboxylic acids is 1. The predicted molar refractivity (Wildman–Crippen MR) is 121 cm³/mol. The summed E-state index contributed by atoms with van der Waals surface area (Å²) in [7, 11) is 1.59. The van der Waals surface area contributed by atoms with Crippen LogP contribution in [0.3, 0.4) is 0 Å². The average Bonchev–Trinajstić information content (AvgIpc) is 3.04. The van der Waals surface area contributed by atoms with Crippen LogP contribution in [0.4, 0.5) is 0 Å². The maximum Gasteiger partial charge on any atom is 0.200 e. The molecule has 0 bridgehead atoms. The zero-order valence-corrected chi connectivity index (χ0v) is 18.6. The van der Waals surface area contributed by atoms with Crippen LogP contribution < -0.4 is 9.47 Å². The summed E-state index contributed by atoms with van der Waals surface area (Å²) in [5, 5.41) is 0.656. The van der Waals surface area contributed by atoms with E-state index in [1.165, 1.54) is 11.8 Å². The Balaban J connectivity index is 1.60. The van der Waals surface area contributed by atoms with E-state index in [0.29, 0.717) is 28.0 Å². The van der Waals surface area contributed by atoms with Crippen LogP contribution in [0.5, 0.6) is 11.5 Å².